The second-order valence-corrected chi connectivity index (χ2v) is 9.37. The van der Waals surface area contributed by atoms with Gasteiger partial charge in [-0.25, -0.2) is 8.42 Å². The zero-order chi connectivity index (χ0) is 21.6. The topological polar surface area (TPSA) is 75.7 Å². The summed E-state index contributed by atoms with van der Waals surface area (Å²) in [4.78, 5) is 12.8. The van der Waals surface area contributed by atoms with E-state index < -0.39 is 10.0 Å². The van der Waals surface area contributed by atoms with Gasteiger partial charge in [-0.15, -0.1) is 0 Å². The van der Waals surface area contributed by atoms with Crippen molar-refractivity contribution in [2.24, 2.45) is 0 Å². The predicted molar refractivity (Wildman–Crippen MR) is 117 cm³/mol. The van der Waals surface area contributed by atoms with Crippen LogP contribution in [0.25, 0.3) is 0 Å². The Morgan fingerprint density at radius 2 is 1.77 bits per heavy atom. The number of ether oxygens (including phenoxy) is 1. The molecule has 2 aromatic carbocycles. The molecule has 30 heavy (non-hydrogen) atoms. The summed E-state index contributed by atoms with van der Waals surface area (Å²) in [5.41, 5.74) is 1.22. The Bertz CT molecular complexity index is 965. The minimum absolute atomic E-state index is 0.129. The summed E-state index contributed by atoms with van der Waals surface area (Å²) in [5, 5.41) is 2.89. The smallest absolute Gasteiger partial charge is 0.251 e. The maximum Gasteiger partial charge on any atom is 0.251 e. The maximum atomic E-state index is 12.7. The summed E-state index contributed by atoms with van der Waals surface area (Å²) < 4.78 is 33.0. The number of carbonyl (C=O) groups excluding carboxylic acids is 1. The van der Waals surface area contributed by atoms with Crippen LogP contribution in [0, 0.1) is 0 Å². The van der Waals surface area contributed by atoms with E-state index in [0.29, 0.717) is 25.2 Å². The van der Waals surface area contributed by atoms with Gasteiger partial charge in [0.15, 0.2) is 0 Å². The van der Waals surface area contributed by atoms with Gasteiger partial charge in [0.1, 0.15) is 5.75 Å². The molecule has 1 saturated carbocycles. The van der Waals surface area contributed by atoms with Gasteiger partial charge in [-0.2, -0.15) is 4.31 Å². The van der Waals surface area contributed by atoms with Gasteiger partial charge >= 0.3 is 0 Å². The molecule has 0 unspecified atom stereocenters. The van der Waals surface area contributed by atoms with Crippen molar-refractivity contribution in [1.29, 1.82) is 0 Å². The summed E-state index contributed by atoms with van der Waals surface area (Å²) >= 11 is 0. The van der Waals surface area contributed by atoms with Gasteiger partial charge in [0, 0.05) is 30.8 Å². The molecule has 3 rings (SSSR count). The van der Waals surface area contributed by atoms with Crippen molar-refractivity contribution in [2.75, 3.05) is 13.1 Å². The highest BCUT2D eigenvalue weighted by molar-refractivity contribution is 7.89. The Kier molecular flexibility index (Phi) is 7.50. The molecule has 6 nitrogen and oxygen atoms in total. The zero-order valence-electron chi connectivity index (χ0n) is 17.6. The first-order valence-corrected chi connectivity index (χ1v) is 12.0. The molecular weight excluding hydrogens is 400 g/mol. The highest BCUT2D eigenvalue weighted by Crippen LogP contribution is 2.26. The first-order valence-electron chi connectivity index (χ1n) is 10.6. The lowest BCUT2D eigenvalue weighted by Gasteiger charge is -2.19. The predicted octanol–water partition coefficient (Wildman–Crippen LogP) is 3.97. The van der Waals surface area contributed by atoms with Crippen LogP contribution in [-0.4, -0.2) is 37.8 Å². The quantitative estimate of drug-likeness (QED) is 0.653. The Morgan fingerprint density at radius 1 is 1.07 bits per heavy atom. The monoisotopic (exact) mass is 430 g/mol. The number of hydrogen-bond acceptors (Lipinski definition) is 4. The molecule has 0 bridgehead atoms. The van der Waals surface area contributed by atoms with Crippen molar-refractivity contribution in [2.45, 2.75) is 57.1 Å². The summed E-state index contributed by atoms with van der Waals surface area (Å²) in [5.74, 6) is 0.477. The average Bonchev–Trinajstić information content (AvgIpc) is 3.27. The van der Waals surface area contributed by atoms with Gasteiger partial charge in [0.25, 0.3) is 5.91 Å². The second-order valence-electron chi connectivity index (χ2n) is 7.43. The third-order valence-electron chi connectivity index (χ3n) is 5.45. The van der Waals surface area contributed by atoms with Gasteiger partial charge in [-0.05, 0) is 49.9 Å². The van der Waals surface area contributed by atoms with E-state index in [4.69, 9.17) is 4.74 Å². The van der Waals surface area contributed by atoms with Gasteiger partial charge in [-0.3, -0.25) is 4.79 Å². The molecule has 0 saturated heterocycles. The van der Waals surface area contributed by atoms with Gasteiger partial charge in [0.2, 0.25) is 10.0 Å². The van der Waals surface area contributed by atoms with Crippen LogP contribution in [0.5, 0.6) is 5.75 Å². The lowest BCUT2D eigenvalue weighted by molar-refractivity contribution is 0.0950. The fourth-order valence-corrected chi connectivity index (χ4v) is 5.24. The zero-order valence-corrected chi connectivity index (χ0v) is 18.5. The van der Waals surface area contributed by atoms with E-state index in [0.717, 1.165) is 24.2 Å². The van der Waals surface area contributed by atoms with Crippen molar-refractivity contribution in [3.63, 3.8) is 0 Å². The first kappa shape index (κ1) is 22.3. The molecule has 1 aliphatic carbocycles. The van der Waals surface area contributed by atoms with E-state index in [2.05, 4.69) is 5.32 Å². The fourth-order valence-electron chi connectivity index (χ4n) is 3.74. The number of nitrogens with zero attached hydrogens (tertiary/aromatic N) is 1. The Morgan fingerprint density at radius 3 is 2.47 bits per heavy atom. The third kappa shape index (κ3) is 5.21. The van der Waals surface area contributed by atoms with E-state index >= 15 is 0 Å². The number of benzene rings is 2. The summed E-state index contributed by atoms with van der Waals surface area (Å²) in [6.45, 7) is 4.67. The minimum atomic E-state index is -3.61. The van der Waals surface area contributed by atoms with Crippen LogP contribution in [0.3, 0.4) is 0 Å². The highest BCUT2D eigenvalue weighted by Gasteiger charge is 2.23. The molecule has 1 aliphatic rings. The van der Waals surface area contributed by atoms with Crippen molar-refractivity contribution in [3.05, 3.63) is 59.7 Å². The van der Waals surface area contributed by atoms with Crippen molar-refractivity contribution < 1.29 is 17.9 Å². The number of nitrogens with one attached hydrogen (secondary N) is 1. The number of hydrogen-bond donors (Lipinski definition) is 1. The molecule has 1 N–H and O–H groups in total. The third-order valence-corrected chi connectivity index (χ3v) is 7.49. The Balaban J connectivity index is 1.70. The van der Waals surface area contributed by atoms with E-state index in [1.807, 2.05) is 24.3 Å². The van der Waals surface area contributed by atoms with Gasteiger partial charge in [-0.1, -0.05) is 38.1 Å². The lowest BCUT2D eigenvalue weighted by atomic mass is 10.1. The summed E-state index contributed by atoms with van der Waals surface area (Å²) in [7, 11) is -3.61. The van der Waals surface area contributed by atoms with E-state index in [1.54, 1.807) is 26.0 Å². The first-order chi connectivity index (χ1) is 14.5. The van der Waals surface area contributed by atoms with Crippen molar-refractivity contribution in [3.8, 4) is 5.75 Å². The van der Waals surface area contributed by atoms with Crippen LogP contribution in [0.15, 0.2) is 53.4 Å². The molecule has 0 radical (unpaired) electrons. The molecule has 1 fully saturated rings. The summed E-state index contributed by atoms with van der Waals surface area (Å²) in [6.07, 6.45) is 4.75. The van der Waals surface area contributed by atoms with Crippen LogP contribution >= 0.6 is 0 Å². The highest BCUT2D eigenvalue weighted by atomic mass is 32.2. The van der Waals surface area contributed by atoms with Crippen LogP contribution in [0.1, 0.15) is 55.5 Å². The molecule has 0 aliphatic heterocycles. The number of para-hydroxylation sites is 1. The number of amides is 1. The molecule has 7 heteroatoms. The Hall–Kier alpha value is -2.38. The molecule has 2 aromatic rings. The number of carbonyl (C=O) groups is 1. The van der Waals surface area contributed by atoms with Crippen LogP contribution in [0.2, 0.25) is 0 Å². The molecule has 0 spiro atoms. The second kappa shape index (κ2) is 10.1. The van der Waals surface area contributed by atoms with Crippen molar-refractivity contribution in [1.82, 2.24) is 9.62 Å². The van der Waals surface area contributed by atoms with E-state index in [-0.39, 0.29) is 16.9 Å². The van der Waals surface area contributed by atoms with Crippen LogP contribution in [0.4, 0.5) is 0 Å². The summed E-state index contributed by atoms with van der Waals surface area (Å²) in [6, 6.07) is 13.9. The molecular formula is C23H30N2O4S. The molecule has 0 heterocycles. The van der Waals surface area contributed by atoms with Crippen LogP contribution < -0.4 is 10.1 Å². The number of rotatable bonds is 9. The molecule has 1 amide bonds. The average molecular weight is 431 g/mol. The molecule has 0 aromatic heterocycles. The molecule has 0 atom stereocenters. The van der Waals surface area contributed by atoms with E-state index in [9.17, 15) is 13.2 Å². The van der Waals surface area contributed by atoms with Gasteiger partial charge in [0.05, 0.1) is 11.0 Å². The minimum Gasteiger partial charge on any atom is -0.490 e. The normalized spacial score (nSPS) is 14.8. The number of sulfonamides is 1. The Labute approximate surface area is 179 Å². The van der Waals surface area contributed by atoms with Crippen molar-refractivity contribution >= 4 is 15.9 Å². The maximum absolute atomic E-state index is 12.7. The fraction of sp³-hybridized carbons (Fsp3) is 0.435. The largest absolute Gasteiger partial charge is 0.490 e. The van der Waals surface area contributed by atoms with Gasteiger partial charge < -0.3 is 10.1 Å². The molecule has 162 valence electrons. The lowest BCUT2D eigenvalue weighted by Crippen LogP contribution is -2.31. The van der Waals surface area contributed by atoms with E-state index in [1.165, 1.54) is 29.3 Å². The standard InChI is InChI=1S/C23H30N2O4S/c1-3-25(4-2)30(27,28)21-14-9-11-18(16-21)23(26)24-17-19-10-5-8-15-22(19)29-20-12-6-7-13-20/h5,8-11,14-16,20H,3-4,6-7,12-13,17H2,1-2H3,(H,24,26). The SMILES string of the molecule is CCN(CC)S(=O)(=O)c1cccc(C(=O)NCc2ccccc2OC2CCCC2)c1. The van der Waals surface area contributed by atoms with Crippen LogP contribution in [-0.2, 0) is 16.6 Å².